The number of rotatable bonds is 5. The van der Waals surface area contributed by atoms with Gasteiger partial charge in [-0.2, -0.15) is 4.68 Å². The molecule has 0 saturated carbocycles. The van der Waals surface area contributed by atoms with Crippen molar-refractivity contribution in [2.24, 2.45) is 0 Å². The SMILES string of the molecule is O=S(=O)(NCc1nnnn1-c1cccc(F)c1)c1cccnc1. The number of benzene rings is 1. The van der Waals surface area contributed by atoms with Gasteiger partial charge in [-0.05, 0) is 40.8 Å². The summed E-state index contributed by atoms with van der Waals surface area (Å²) < 4.78 is 41.2. The van der Waals surface area contributed by atoms with Crippen molar-refractivity contribution in [3.63, 3.8) is 0 Å². The molecular formula is C13H11FN6O2S. The summed E-state index contributed by atoms with van der Waals surface area (Å²) in [5, 5.41) is 11.0. The Hall–Kier alpha value is -2.72. The molecule has 0 unspecified atom stereocenters. The normalized spacial score (nSPS) is 11.5. The lowest BCUT2D eigenvalue weighted by atomic mass is 10.3. The zero-order chi connectivity index (χ0) is 16.3. The average molecular weight is 334 g/mol. The molecule has 3 aromatic rings. The molecule has 10 heteroatoms. The molecule has 0 fully saturated rings. The number of nitrogens with zero attached hydrogens (tertiary/aromatic N) is 5. The van der Waals surface area contributed by atoms with Gasteiger partial charge in [0.2, 0.25) is 10.0 Å². The zero-order valence-corrected chi connectivity index (χ0v) is 12.5. The lowest BCUT2D eigenvalue weighted by molar-refractivity contribution is 0.577. The average Bonchev–Trinajstić information content (AvgIpc) is 3.02. The fraction of sp³-hybridized carbons (Fsp3) is 0.0769. The second-order valence-electron chi connectivity index (χ2n) is 4.50. The number of hydrogen-bond donors (Lipinski definition) is 1. The van der Waals surface area contributed by atoms with E-state index in [1.807, 2.05) is 0 Å². The van der Waals surface area contributed by atoms with Crippen LogP contribution in [0.1, 0.15) is 5.82 Å². The largest absolute Gasteiger partial charge is 0.263 e. The first-order valence-corrected chi connectivity index (χ1v) is 7.97. The van der Waals surface area contributed by atoms with E-state index in [1.54, 1.807) is 6.07 Å². The van der Waals surface area contributed by atoms with Crippen molar-refractivity contribution in [3.05, 3.63) is 60.4 Å². The van der Waals surface area contributed by atoms with Gasteiger partial charge in [-0.3, -0.25) is 4.98 Å². The smallest absolute Gasteiger partial charge is 0.242 e. The van der Waals surface area contributed by atoms with Crippen LogP contribution < -0.4 is 4.72 Å². The number of halogens is 1. The molecule has 0 spiro atoms. The first-order valence-electron chi connectivity index (χ1n) is 6.49. The van der Waals surface area contributed by atoms with E-state index in [1.165, 1.54) is 47.4 Å². The number of sulfonamides is 1. The zero-order valence-electron chi connectivity index (χ0n) is 11.7. The molecule has 1 aromatic carbocycles. The molecule has 0 bridgehead atoms. The quantitative estimate of drug-likeness (QED) is 0.736. The minimum atomic E-state index is -3.74. The van der Waals surface area contributed by atoms with Crippen LogP contribution in [0.3, 0.4) is 0 Å². The Morgan fingerprint density at radius 1 is 1.22 bits per heavy atom. The Balaban J connectivity index is 1.82. The molecule has 0 aliphatic carbocycles. The highest BCUT2D eigenvalue weighted by molar-refractivity contribution is 7.89. The van der Waals surface area contributed by atoms with Gasteiger partial charge in [0, 0.05) is 12.4 Å². The van der Waals surface area contributed by atoms with Gasteiger partial charge in [0.05, 0.1) is 12.2 Å². The van der Waals surface area contributed by atoms with Crippen molar-refractivity contribution in [2.45, 2.75) is 11.4 Å². The third-order valence-corrected chi connectivity index (χ3v) is 4.34. The van der Waals surface area contributed by atoms with E-state index < -0.39 is 15.8 Å². The van der Waals surface area contributed by atoms with Gasteiger partial charge in [-0.25, -0.2) is 17.5 Å². The fourth-order valence-electron chi connectivity index (χ4n) is 1.87. The Morgan fingerprint density at radius 2 is 2.09 bits per heavy atom. The molecule has 3 rings (SSSR count). The summed E-state index contributed by atoms with van der Waals surface area (Å²) in [7, 11) is -3.74. The second kappa shape index (κ2) is 6.18. The van der Waals surface area contributed by atoms with Crippen molar-refractivity contribution in [1.82, 2.24) is 29.9 Å². The minimum absolute atomic E-state index is 0.0322. The summed E-state index contributed by atoms with van der Waals surface area (Å²) in [5.41, 5.74) is 0.394. The summed E-state index contributed by atoms with van der Waals surface area (Å²) in [5.74, 6) is -0.219. The van der Waals surface area contributed by atoms with Crippen LogP contribution in [0.5, 0.6) is 0 Å². The van der Waals surface area contributed by atoms with Gasteiger partial charge in [0.25, 0.3) is 0 Å². The van der Waals surface area contributed by atoms with Crippen LogP contribution in [0, 0.1) is 5.82 Å². The standard InChI is InChI=1S/C13H11FN6O2S/c14-10-3-1-4-11(7-10)20-13(17-18-19-20)9-16-23(21,22)12-5-2-6-15-8-12/h1-8,16H,9H2. The van der Waals surface area contributed by atoms with Crippen molar-refractivity contribution in [1.29, 1.82) is 0 Å². The van der Waals surface area contributed by atoms with Crippen LogP contribution >= 0.6 is 0 Å². The first kappa shape index (κ1) is 15.2. The van der Waals surface area contributed by atoms with Crippen molar-refractivity contribution < 1.29 is 12.8 Å². The lowest BCUT2D eigenvalue weighted by Crippen LogP contribution is -2.25. The molecule has 1 N–H and O–H groups in total. The fourth-order valence-corrected chi connectivity index (χ4v) is 2.82. The van der Waals surface area contributed by atoms with Gasteiger partial charge in [-0.15, -0.1) is 5.10 Å². The van der Waals surface area contributed by atoms with E-state index in [0.717, 1.165) is 0 Å². The molecule has 0 aliphatic rings. The number of hydrogen-bond acceptors (Lipinski definition) is 6. The van der Waals surface area contributed by atoms with Gasteiger partial charge in [0.1, 0.15) is 10.7 Å². The Bertz CT molecular complexity index is 913. The summed E-state index contributed by atoms with van der Waals surface area (Å²) >= 11 is 0. The van der Waals surface area contributed by atoms with Crippen LogP contribution in [0.2, 0.25) is 0 Å². The molecule has 0 radical (unpaired) electrons. The van der Waals surface area contributed by atoms with E-state index >= 15 is 0 Å². The molecule has 0 saturated heterocycles. The van der Waals surface area contributed by atoms with E-state index in [2.05, 4.69) is 25.2 Å². The second-order valence-corrected chi connectivity index (χ2v) is 6.27. The topological polar surface area (TPSA) is 103 Å². The van der Waals surface area contributed by atoms with Gasteiger partial charge < -0.3 is 0 Å². The molecule has 23 heavy (non-hydrogen) atoms. The van der Waals surface area contributed by atoms with Gasteiger partial charge in [0.15, 0.2) is 5.82 Å². The Kier molecular flexibility index (Phi) is 4.08. The van der Waals surface area contributed by atoms with Gasteiger partial charge >= 0.3 is 0 Å². The summed E-state index contributed by atoms with van der Waals surface area (Å²) in [6, 6.07) is 8.60. The molecule has 118 valence electrons. The van der Waals surface area contributed by atoms with Crippen molar-refractivity contribution in [2.75, 3.05) is 0 Å². The predicted octanol–water partition coefficient (Wildman–Crippen LogP) is 0.675. The Morgan fingerprint density at radius 3 is 2.83 bits per heavy atom. The van der Waals surface area contributed by atoms with E-state index in [-0.39, 0.29) is 17.3 Å². The maximum absolute atomic E-state index is 13.3. The van der Waals surface area contributed by atoms with Crippen LogP contribution in [0.25, 0.3) is 5.69 Å². The molecular weight excluding hydrogens is 323 g/mol. The molecule has 0 aliphatic heterocycles. The molecule has 8 nitrogen and oxygen atoms in total. The number of nitrogens with one attached hydrogen (secondary N) is 1. The third kappa shape index (κ3) is 3.38. The summed E-state index contributed by atoms with van der Waals surface area (Å²) in [6.07, 6.45) is 2.71. The van der Waals surface area contributed by atoms with E-state index in [0.29, 0.717) is 5.69 Å². The highest BCUT2D eigenvalue weighted by Crippen LogP contribution is 2.11. The summed E-state index contributed by atoms with van der Waals surface area (Å²) in [4.78, 5) is 3.80. The lowest BCUT2D eigenvalue weighted by Gasteiger charge is -2.07. The number of tetrazole rings is 1. The minimum Gasteiger partial charge on any atom is -0.263 e. The first-order chi connectivity index (χ1) is 11.1. The third-order valence-electron chi connectivity index (χ3n) is 2.95. The Labute approximate surface area is 131 Å². The van der Waals surface area contributed by atoms with Crippen molar-refractivity contribution in [3.8, 4) is 5.69 Å². The van der Waals surface area contributed by atoms with Crippen molar-refractivity contribution >= 4 is 10.0 Å². The maximum atomic E-state index is 13.3. The van der Waals surface area contributed by atoms with Crippen LogP contribution in [-0.2, 0) is 16.6 Å². The molecule has 0 amide bonds. The van der Waals surface area contributed by atoms with Crippen LogP contribution in [0.4, 0.5) is 4.39 Å². The van der Waals surface area contributed by atoms with E-state index in [4.69, 9.17) is 0 Å². The summed E-state index contributed by atoms with van der Waals surface area (Å²) in [6.45, 7) is -0.152. The molecule has 2 heterocycles. The number of aromatic nitrogens is 5. The monoisotopic (exact) mass is 334 g/mol. The highest BCUT2D eigenvalue weighted by atomic mass is 32.2. The van der Waals surface area contributed by atoms with Gasteiger partial charge in [-0.1, -0.05) is 6.07 Å². The predicted molar refractivity (Wildman–Crippen MR) is 77.4 cm³/mol. The molecule has 0 atom stereocenters. The van der Waals surface area contributed by atoms with E-state index in [9.17, 15) is 12.8 Å². The number of pyridine rings is 1. The molecule has 2 aromatic heterocycles. The van der Waals surface area contributed by atoms with Crippen LogP contribution in [-0.4, -0.2) is 33.6 Å². The maximum Gasteiger partial charge on any atom is 0.242 e. The van der Waals surface area contributed by atoms with Crippen LogP contribution in [0.15, 0.2) is 53.7 Å². The highest BCUT2D eigenvalue weighted by Gasteiger charge is 2.16.